The molecule has 6 nitrogen and oxygen atoms in total. The number of rotatable bonds is 5. The monoisotopic (exact) mass is 691 g/mol. The van der Waals surface area contributed by atoms with E-state index in [4.69, 9.17) is 24.4 Å². The van der Waals surface area contributed by atoms with E-state index in [0.29, 0.717) is 17.5 Å². The van der Waals surface area contributed by atoms with Crippen LogP contribution in [0.15, 0.2) is 180 Å². The third-order valence-corrected chi connectivity index (χ3v) is 10.3. The van der Waals surface area contributed by atoms with Crippen LogP contribution in [0.1, 0.15) is 0 Å². The van der Waals surface area contributed by atoms with Crippen LogP contribution in [0.4, 0.5) is 0 Å². The van der Waals surface area contributed by atoms with Crippen molar-refractivity contribution in [2.45, 2.75) is 0 Å². The summed E-state index contributed by atoms with van der Waals surface area (Å²) in [6.45, 7) is 0. The Bertz CT molecular complexity index is 3160. The van der Waals surface area contributed by atoms with E-state index in [0.717, 1.165) is 77.4 Å². The van der Waals surface area contributed by atoms with Crippen molar-refractivity contribution in [3.8, 4) is 51.0 Å². The van der Waals surface area contributed by atoms with Gasteiger partial charge in [-0.3, -0.25) is 4.98 Å². The second-order valence-corrected chi connectivity index (χ2v) is 13.5. The molecule has 7 aromatic carbocycles. The molecule has 6 heteroatoms. The summed E-state index contributed by atoms with van der Waals surface area (Å²) in [7, 11) is 0. The molecule has 252 valence electrons. The van der Waals surface area contributed by atoms with Gasteiger partial charge in [0.1, 0.15) is 11.1 Å². The third kappa shape index (κ3) is 4.81. The Morgan fingerprint density at radius 1 is 0.426 bits per heavy atom. The van der Waals surface area contributed by atoms with E-state index in [1.165, 1.54) is 10.8 Å². The van der Waals surface area contributed by atoms with E-state index >= 15 is 0 Å². The molecule has 0 aliphatic heterocycles. The van der Waals surface area contributed by atoms with Crippen molar-refractivity contribution in [1.29, 1.82) is 0 Å². The number of para-hydroxylation sites is 2. The van der Waals surface area contributed by atoms with Gasteiger partial charge in [-0.2, -0.15) is 0 Å². The van der Waals surface area contributed by atoms with Gasteiger partial charge in [0, 0.05) is 39.0 Å². The highest BCUT2D eigenvalue weighted by molar-refractivity contribution is 6.11. The van der Waals surface area contributed by atoms with Gasteiger partial charge in [0.05, 0.1) is 22.1 Å². The summed E-state index contributed by atoms with van der Waals surface area (Å²) in [5, 5.41) is 5.52. The van der Waals surface area contributed by atoms with Crippen LogP contribution in [0.3, 0.4) is 0 Å². The number of hydrogen-bond acceptors (Lipinski definition) is 5. The van der Waals surface area contributed by atoms with Crippen LogP contribution in [0.25, 0.3) is 106 Å². The molecule has 54 heavy (non-hydrogen) atoms. The first kappa shape index (κ1) is 30.2. The van der Waals surface area contributed by atoms with Crippen molar-refractivity contribution in [2.75, 3.05) is 0 Å². The Morgan fingerprint density at radius 3 is 1.81 bits per heavy atom. The summed E-state index contributed by atoms with van der Waals surface area (Å²) in [4.78, 5) is 20.3. The van der Waals surface area contributed by atoms with Gasteiger partial charge in [0.25, 0.3) is 0 Å². The second kappa shape index (κ2) is 12.1. The molecule has 0 N–H and O–H groups in total. The zero-order valence-corrected chi connectivity index (χ0v) is 28.9. The normalized spacial score (nSPS) is 11.7. The van der Waals surface area contributed by atoms with Crippen LogP contribution in [-0.4, -0.2) is 24.5 Å². The van der Waals surface area contributed by atoms with Crippen molar-refractivity contribution < 1.29 is 4.42 Å². The number of fused-ring (bicyclic) bond motifs is 7. The molecule has 11 rings (SSSR count). The lowest BCUT2D eigenvalue weighted by Gasteiger charge is -2.15. The molecule has 0 bridgehead atoms. The number of aromatic nitrogens is 5. The molecule has 0 unspecified atom stereocenters. The molecular weight excluding hydrogens is 663 g/mol. The summed E-state index contributed by atoms with van der Waals surface area (Å²) in [5.74, 6) is 1.71. The van der Waals surface area contributed by atoms with E-state index < -0.39 is 0 Å². The molecular formula is C48H29N5O. The van der Waals surface area contributed by atoms with Crippen LogP contribution in [0, 0.1) is 0 Å². The molecule has 4 aromatic heterocycles. The lowest BCUT2D eigenvalue weighted by atomic mass is 10.0. The average Bonchev–Trinajstić information content (AvgIpc) is 3.79. The molecule has 0 saturated heterocycles. The van der Waals surface area contributed by atoms with Crippen molar-refractivity contribution in [3.63, 3.8) is 0 Å². The van der Waals surface area contributed by atoms with Crippen LogP contribution in [0.2, 0.25) is 0 Å². The second-order valence-electron chi connectivity index (χ2n) is 13.5. The van der Waals surface area contributed by atoms with Crippen LogP contribution in [-0.2, 0) is 0 Å². The first-order chi connectivity index (χ1) is 26.8. The number of pyridine rings is 1. The number of nitrogens with zero attached hydrogens (tertiary/aromatic N) is 5. The summed E-state index contributed by atoms with van der Waals surface area (Å²) < 4.78 is 8.61. The lowest BCUT2D eigenvalue weighted by molar-refractivity contribution is 0.668. The highest BCUT2D eigenvalue weighted by atomic mass is 16.3. The van der Waals surface area contributed by atoms with Crippen molar-refractivity contribution in [1.82, 2.24) is 24.5 Å². The van der Waals surface area contributed by atoms with Crippen LogP contribution >= 0.6 is 0 Å². The quantitative estimate of drug-likeness (QED) is 0.180. The zero-order chi connectivity index (χ0) is 35.6. The fraction of sp³-hybridized carbons (Fsp3) is 0. The van der Waals surface area contributed by atoms with Crippen molar-refractivity contribution >= 4 is 54.6 Å². The Morgan fingerprint density at radius 2 is 1.04 bits per heavy atom. The maximum absolute atomic E-state index is 6.24. The van der Waals surface area contributed by atoms with Gasteiger partial charge >= 0.3 is 0 Å². The van der Waals surface area contributed by atoms with Crippen LogP contribution in [0.5, 0.6) is 0 Å². The van der Waals surface area contributed by atoms with Gasteiger partial charge in [0.15, 0.2) is 23.1 Å². The number of hydrogen-bond donors (Lipinski definition) is 0. The van der Waals surface area contributed by atoms with E-state index in [1.54, 1.807) is 6.20 Å². The summed E-state index contributed by atoms with van der Waals surface area (Å²) in [6.07, 6.45) is 1.79. The Balaban J connectivity index is 1.17. The van der Waals surface area contributed by atoms with Crippen molar-refractivity contribution in [2.24, 2.45) is 0 Å². The maximum Gasteiger partial charge on any atom is 0.164 e. The molecule has 0 spiro atoms. The minimum Gasteiger partial charge on any atom is -0.454 e. The van der Waals surface area contributed by atoms with Gasteiger partial charge in [-0.15, -0.1) is 0 Å². The highest BCUT2D eigenvalue weighted by Crippen LogP contribution is 2.39. The van der Waals surface area contributed by atoms with Gasteiger partial charge in [-0.25, -0.2) is 15.0 Å². The molecule has 0 atom stereocenters. The number of furan rings is 1. The van der Waals surface area contributed by atoms with E-state index in [2.05, 4.69) is 138 Å². The SMILES string of the molecule is c1ccc(-c2ccc(-c3nc(-c4cc(-n5c6ccccc6c6ccccc65)c5ccccc5c4)nc(-c4cccc5oc6cccnc6c45)n3)cc2)cc1. The minimum absolute atomic E-state index is 0.549. The minimum atomic E-state index is 0.549. The fourth-order valence-corrected chi connectivity index (χ4v) is 7.81. The number of benzene rings is 7. The Kier molecular flexibility index (Phi) is 6.75. The van der Waals surface area contributed by atoms with E-state index in [9.17, 15) is 0 Å². The third-order valence-electron chi connectivity index (χ3n) is 10.3. The van der Waals surface area contributed by atoms with E-state index in [-0.39, 0.29) is 0 Å². The van der Waals surface area contributed by atoms with Gasteiger partial charge < -0.3 is 8.98 Å². The molecule has 0 amide bonds. The zero-order valence-electron chi connectivity index (χ0n) is 28.9. The van der Waals surface area contributed by atoms with Crippen molar-refractivity contribution in [3.05, 3.63) is 176 Å². The summed E-state index contributed by atoms with van der Waals surface area (Å²) in [5.41, 5.74) is 10.5. The standard InChI is InChI=1S/C48H29N5O/c1-2-12-30(13-3-1)31-23-25-32(26-24-31)46-50-47(52-48(51-46)38-18-10-21-42-44(38)45-43(54-42)22-11-27-49-45)34-28-33-14-4-5-15-35(33)41(29-34)53-39-19-8-6-16-36(39)37-17-7-9-20-40(37)53/h1-29H. The fourth-order valence-electron chi connectivity index (χ4n) is 7.81. The molecule has 0 aliphatic carbocycles. The average molecular weight is 692 g/mol. The maximum atomic E-state index is 6.24. The van der Waals surface area contributed by atoms with Gasteiger partial charge in [-0.05, 0) is 59.0 Å². The van der Waals surface area contributed by atoms with Gasteiger partial charge in [-0.1, -0.05) is 127 Å². The molecule has 0 fully saturated rings. The smallest absolute Gasteiger partial charge is 0.164 e. The molecule has 0 saturated carbocycles. The first-order valence-electron chi connectivity index (χ1n) is 18.0. The predicted molar refractivity (Wildman–Crippen MR) is 218 cm³/mol. The topological polar surface area (TPSA) is 69.6 Å². The highest BCUT2D eigenvalue weighted by Gasteiger charge is 2.20. The van der Waals surface area contributed by atoms with E-state index in [1.807, 2.05) is 36.4 Å². The first-order valence-corrected chi connectivity index (χ1v) is 18.0. The van der Waals surface area contributed by atoms with Crippen LogP contribution < -0.4 is 0 Å². The molecule has 4 heterocycles. The Labute approximate surface area is 309 Å². The molecule has 0 radical (unpaired) electrons. The van der Waals surface area contributed by atoms with Gasteiger partial charge in [0.2, 0.25) is 0 Å². The Hall–Kier alpha value is -7.44. The molecule has 0 aliphatic rings. The largest absolute Gasteiger partial charge is 0.454 e. The summed E-state index contributed by atoms with van der Waals surface area (Å²) in [6, 6.07) is 58.7. The lowest BCUT2D eigenvalue weighted by Crippen LogP contribution is -2.02. The predicted octanol–water partition coefficient (Wildman–Crippen LogP) is 12.1. The summed E-state index contributed by atoms with van der Waals surface area (Å²) >= 11 is 0. The molecule has 11 aromatic rings.